The van der Waals surface area contributed by atoms with E-state index in [4.69, 9.17) is 4.74 Å². The Morgan fingerprint density at radius 1 is 1.24 bits per heavy atom. The van der Waals surface area contributed by atoms with Crippen LogP contribution in [0.5, 0.6) is 5.75 Å². The quantitative estimate of drug-likeness (QED) is 0.592. The predicted octanol–water partition coefficient (Wildman–Crippen LogP) is 3.79. The summed E-state index contributed by atoms with van der Waals surface area (Å²) in [6, 6.07) is 13.6. The Hall–Kier alpha value is -1.93. The zero-order valence-electron chi connectivity index (χ0n) is 15.7. The molecule has 0 aliphatic carbocycles. The van der Waals surface area contributed by atoms with Crippen molar-refractivity contribution < 1.29 is 9.53 Å². The molecule has 3 aromatic rings. The van der Waals surface area contributed by atoms with Gasteiger partial charge in [0, 0.05) is 48.6 Å². The SMILES string of the molecule is Cl.Cl.O=C(CC1CSCCN1)Nc1ccc(OCc2cn3ccccc3n2)cc1. The molecule has 29 heavy (non-hydrogen) atoms. The standard InChI is InChI=1S/C20H22N4O2S.2ClH/c25-20(11-16-14-27-10-8-21-16)23-15-4-6-18(7-5-15)26-13-17-12-24-9-2-1-3-19(24)22-17;;/h1-7,9,12,16,21H,8,10-11,13-14H2,(H,23,25);2*1H. The Morgan fingerprint density at radius 2 is 2.07 bits per heavy atom. The monoisotopic (exact) mass is 454 g/mol. The number of thioether (sulfide) groups is 1. The fourth-order valence-corrected chi connectivity index (χ4v) is 3.98. The lowest BCUT2D eigenvalue weighted by molar-refractivity contribution is -0.116. The largest absolute Gasteiger partial charge is 0.487 e. The van der Waals surface area contributed by atoms with E-state index in [0.717, 1.165) is 40.8 Å². The number of nitrogens with one attached hydrogen (secondary N) is 2. The molecule has 1 atom stereocenters. The third-order valence-corrected chi connectivity index (χ3v) is 5.50. The Labute approximate surface area is 186 Å². The van der Waals surface area contributed by atoms with Gasteiger partial charge in [0.1, 0.15) is 18.0 Å². The predicted molar refractivity (Wildman–Crippen MR) is 123 cm³/mol. The number of carbonyl (C=O) groups excluding carboxylic acids is 1. The van der Waals surface area contributed by atoms with Gasteiger partial charge in [0.2, 0.25) is 5.91 Å². The van der Waals surface area contributed by atoms with Crippen molar-refractivity contribution in [2.24, 2.45) is 0 Å². The maximum absolute atomic E-state index is 12.2. The van der Waals surface area contributed by atoms with Crippen LogP contribution < -0.4 is 15.4 Å². The first-order valence-electron chi connectivity index (χ1n) is 9.03. The molecule has 9 heteroatoms. The van der Waals surface area contributed by atoms with Gasteiger partial charge in [-0.2, -0.15) is 11.8 Å². The highest BCUT2D eigenvalue weighted by atomic mass is 35.5. The second-order valence-corrected chi connectivity index (χ2v) is 7.64. The van der Waals surface area contributed by atoms with E-state index in [1.807, 2.05) is 71.0 Å². The fourth-order valence-electron chi connectivity index (χ4n) is 3.04. The van der Waals surface area contributed by atoms with Crippen molar-refractivity contribution in [2.45, 2.75) is 19.1 Å². The molecule has 1 aliphatic rings. The number of hydrogen-bond donors (Lipinski definition) is 2. The molecule has 2 aromatic heterocycles. The lowest BCUT2D eigenvalue weighted by atomic mass is 10.2. The molecule has 1 unspecified atom stereocenters. The summed E-state index contributed by atoms with van der Waals surface area (Å²) >= 11 is 1.89. The van der Waals surface area contributed by atoms with Gasteiger partial charge in [0.25, 0.3) is 0 Å². The van der Waals surface area contributed by atoms with Gasteiger partial charge in [0.15, 0.2) is 0 Å². The number of rotatable bonds is 6. The summed E-state index contributed by atoms with van der Waals surface area (Å²) in [5.74, 6) is 2.89. The smallest absolute Gasteiger partial charge is 0.225 e. The average Bonchev–Trinajstić information content (AvgIpc) is 3.11. The Kier molecular flexibility index (Phi) is 9.10. The second-order valence-electron chi connectivity index (χ2n) is 6.49. The molecule has 0 radical (unpaired) electrons. The van der Waals surface area contributed by atoms with Crippen LogP contribution in [-0.4, -0.2) is 39.4 Å². The molecule has 1 saturated heterocycles. The molecule has 6 nitrogen and oxygen atoms in total. The van der Waals surface area contributed by atoms with Gasteiger partial charge in [-0.3, -0.25) is 4.79 Å². The normalized spacial score (nSPS) is 15.8. The summed E-state index contributed by atoms with van der Waals surface area (Å²) in [4.78, 5) is 16.7. The van der Waals surface area contributed by atoms with Crippen molar-refractivity contribution in [3.8, 4) is 5.75 Å². The maximum Gasteiger partial charge on any atom is 0.225 e. The van der Waals surface area contributed by atoms with E-state index >= 15 is 0 Å². The van der Waals surface area contributed by atoms with Gasteiger partial charge in [-0.25, -0.2) is 4.98 Å². The molecule has 0 bridgehead atoms. The molecule has 0 spiro atoms. The molecule has 4 rings (SSSR count). The van der Waals surface area contributed by atoms with Crippen LogP contribution in [0.2, 0.25) is 0 Å². The molecular formula is C20H24Cl2N4O2S. The highest BCUT2D eigenvalue weighted by molar-refractivity contribution is 7.99. The van der Waals surface area contributed by atoms with Gasteiger partial charge in [0.05, 0.1) is 5.69 Å². The van der Waals surface area contributed by atoms with Crippen molar-refractivity contribution >= 4 is 53.8 Å². The fraction of sp³-hybridized carbons (Fsp3) is 0.300. The number of pyridine rings is 1. The summed E-state index contributed by atoms with van der Waals surface area (Å²) in [6.07, 6.45) is 4.42. The molecule has 1 aromatic carbocycles. The Bertz CT molecular complexity index is 881. The number of halogens is 2. The molecule has 1 amide bonds. The van der Waals surface area contributed by atoms with E-state index in [9.17, 15) is 4.79 Å². The van der Waals surface area contributed by atoms with Crippen molar-refractivity contribution in [1.82, 2.24) is 14.7 Å². The van der Waals surface area contributed by atoms with E-state index < -0.39 is 0 Å². The van der Waals surface area contributed by atoms with Crippen LogP contribution in [0.1, 0.15) is 12.1 Å². The lowest BCUT2D eigenvalue weighted by Crippen LogP contribution is -2.39. The summed E-state index contributed by atoms with van der Waals surface area (Å²) in [6.45, 7) is 1.37. The molecule has 3 heterocycles. The topological polar surface area (TPSA) is 67.7 Å². The van der Waals surface area contributed by atoms with E-state index in [0.29, 0.717) is 13.0 Å². The number of benzene rings is 1. The minimum Gasteiger partial charge on any atom is -0.487 e. The summed E-state index contributed by atoms with van der Waals surface area (Å²) < 4.78 is 7.77. The van der Waals surface area contributed by atoms with Crippen molar-refractivity contribution in [3.05, 3.63) is 60.6 Å². The zero-order valence-corrected chi connectivity index (χ0v) is 18.2. The van der Waals surface area contributed by atoms with E-state index in [1.54, 1.807) is 0 Å². The van der Waals surface area contributed by atoms with Crippen LogP contribution in [0.15, 0.2) is 54.9 Å². The maximum atomic E-state index is 12.2. The van der Waals surface area contributed by atoms with Gasteiger partial charge in [-0.05, 0) is 36.4 Å². The number of imidazole rings is 1. The minimum absolute atomic E-state index is 0. The van der Waals surface area contributed by atoms with Crippen LogP contribution >= 0.6 is 36.6 Å². The number of aromatic nitrogens is 2. The van der Waals surface area contributed by atoms with Crippen molar-refractivity contribution in [2.75, 3.05) is 23.4 Å². The first kappa shape index (κ1) is 23.3. The third-order valence-electron chi connectivity index (χ3n) is 4.37. The third kappa shape index (κ3) is 6.54. The number of nitrogens with zero attached hydrogens (tertiary/aromatic N) is 2. The first-order valence-corrected chi connectivity index (χ1v) is 10.2. The molecule has 1 aliphatic heterocycles. The minimum atomic E-state index is 0. The summed E-state index contributed by atoms with van der Waals surface area (Å²) in [5.41, 5.74) is 2.56. The number of hydrogen-bond acceptors (Lipinski definition) is 5. The second kappa shape index (κ2) is 11.3. The van der Waals surface area contributed by atoms with Crippen LogP contribution in [0.4, 0.5) is 5.69 Å². The zero-order chi connectivity index (χ0) is 18.5. The number of carbonyl (C=O) groups is 1. The average molecular weight is 455 g/mol. The molecule has 2 N–H and O–H groups in total. The lowest BCUT2D eigenvalue weighted by Gasteiger charge is -2.22. The number of ether oxygens (including phenoxy) is 1. The van der Waals surface area contributed by atoms with Gasteiger partial charge < -0.3 is 19.8 Å². The highest BCUT2D eigenvalue weighted by Crippen LogP contribution is 2.18. The van der Waals surface area contributed by atoms with Gasteiger partial charge >= 0.3 is 0 Å². The van der Waals surface area contributed by atoms with E-state index in [-0.39, 0.29) is 36.8 Å². The van der Waals surface area contributed by atoms with E-state index in [2.05, 4.69) is 15.6 Å². The van der Waals surface area contributed by atoms with Crippen LogP contribution in [0.3, 0.4) is 0 Å². The van der Waals surface area contributed by atoms with Crippen molar-refractivity contribution in [1.29, 1.82) is 0 Å². The number of fused-ring (bicyclic) bond motifs is 1. The number of anilines is 1. The Balaban J connectivity index is 0.00000150. The number of amides is 1. The summed E-state index contributed by atoms with van der Waals surface area (Å²) in [7, 11) is 0. The molecular weight excluding hydrogens is 431 g/mol. The molecule has 1 fully saturated rings. The Morgan fingerprint density at radius 3 is 2.79 bits per heavy atom. The van der Waals surface area contributed by atoms with Gasteiger partial charge in [-0.15, -0.1) is 24.8 Å². The van der Waals surface area contributed by atoms with Crippen molar-refractivity contribution in [3.63, 3.8) is 0 Å². The van der Waals surface area contributed by atoms with Gasteiger partial charge in [-0.1, -0.05) is 6.07 Å². The van der Waals surface area contributed by atoms with Crippen LogP contribution in [0, 0.1) is 0 Å². The molecule has 156 valence electrons. The molecule has 0 saturated carbocycles. The van der Waals surface area contributed by atoms with E-state index in [1.165, 1.54) is 0 Å². The first-order chi connectivity index (χ1) is 13.3. The van der Waals surface area contributed by atoms with Crippen LogP contribution in [-0.2, 0) is 11.4 Å². The van der Waals surface area contributed by atoms with Crippen LogP contribution in [0.25, 0.3) is 5.65 Å². The highest BCUT2D eigenvalue weighted by Gasteiger charge is 2.16. The summed E-state index contributed by atoms with van der Waals surface area (Å²) in [5, 5.41) is 6.33.